The van der Waals surface area contributed by atoms with Crippen LogP contribution in [0.25, 0.3) is 0 Å². The fraction of sp³-hybridized carbons (Fsp3) is 0.538. The molecule has 0 saturated carbocycles. The van der Waals surface area contributed by atoms with E-state index in [4.69, 9.17) is 11.0 Å². The maximum absolute atomic E-state index is 8.95. The molecule has 0 atom stereocenters. The first-order valence-corrected chi connectivity index (χ1v) is 6.14. The molecule has 0 bridgehead atoms. The molecule has 1 aromatic rings. The third-order valence-electron chi connectivity index (χ3n) is 2.65. The number of nitriles is 1. The highest BCUT2D eigenvalue weighted by Gasteiger charge is 2.09. The largest absolute Gasteiger partial charge is 0.396 e. The lowest BCUT2D eigenvalue weighted by Crippen LogP contribution is -2.33. The van der Waals surface area contributed by atoms with Gasteiger partial charge in [0, 0.05) is 19.6 Å². The quantitative estimate of drug-likeness (QED) is 0.821. The number of aromatic nitrogens is 1. The van der Waals surface area contributed by atoms with Crippen molar-refractivity contribution in [3.8, 4) is 6.07 Å². The maximum atomic E-state index is 8.95. The Morgan fingerprint density at radius 2 is 2.00 bits per heavy atom. The van der Waals surface area contributed by atoms with E-state index in [1.54, 1.807) is 6.07 Å². The lowest BCUT2D eigenvalue weighted by molar-refractivity contribution is 0.412. The van der Waals surface area contributed by atoms with Gasteiger partial charge in [0.05, 0.1) is 5.69 Å². The highest BCUT2D eigenvalue weighted by atomic mass is 15.2. The van der Waals surface area contributed by atoms with E-state index >= 15 is 0 Å². The summed E-state index contributed by atoms with van der Waals surface area (Å²) in [4.78, 5) is 8.62. The molecule has 0 radical (unpaired) electrons. The normalized spacial score (nSPS) is 10.4. The van der Waals surface area contributed by atoms with Gasteiger partial charge >= 0.3 is 0 Å². The summed E-state index contributed by atoms with van der Waals surface area (Å²) in [6.45, 7) is 4.90. The predicted molar refractivity (Wildman–Crippen MR) is 74.4 cm³/mol. The van der Waals surface area contributed by atoms with E-state index in [0.717, 1.165) is 31.9 Å². The molecule has 0 amide bonds. The number of nitrogen functional groups attached to an aromatic ring is 1. The van der Waals surface area contributed by atoms with Crippen LogP contribution in [0.2, 0.25) is 0 Å². The molecule has 0 saturated heterocycles. The van der Waals surface area contributed by atoms with Crippen LogP contribution in [-0.4, -0.2) is 43.6 Å². The van der Waals surface area contributed by atoms with Crippen LogP contribution in [0.4, 0.5) is 11.5 Å². The first-order valence-electron chi connectivity index (χ1n) is 6.14. The van der Waals surface area contributed by atoms with Crippen molar-refractivity contribution in [3.05, 3.63) is 17.8 Å². The topological polar surface area (TPSA) is 69.2 Å². The van der Waals surface area contributed by atoms with Gasteiger partial charge in [-0.15, -0.1) is 0 Å². The lowest BCUT2D eigenvalue weighted by atomic mass is 10.3. The van der Waals surface area contributed by atoms with Crippen molar-refractivity contribution in [1.29, 1.82) is 5.26 Å². The molecule has 98 valence electrons. The highest BCUT2D eigenvalue weighted by Crippen LogP contribution is 2.16. The second-order valence-electron chi connectivity index (χ2n) is 4.51. The van der Waals surface area contributed by atoms with E-state index in [-0.39, 0.29) is 0 Å². The van der Waals surface area contributed by atoms with Crippen molar-refractivity contribution in [2.45, 2.75) is 13.3 Å². The van der Waals surface area contributed by atoms with Crippen molar-refractivity contribution >= 4 is 11.5 Å². The Morgan fingerprint density at radius 1 is 1.28 bits per heavy atom. The summed E-state index contributed by atoms with van der Waals surface area (Å²) in [5.41, 5.74) is 6.42. The molecule has 0 aliphatic rings. The Labute approximate surface area is 109 Å². The van der Waals surface area contributed by atoms with Crippen molar-refractivity contribution in [1.82, 2.24) is 9.88 Å². The zero-order valence-electron chi connectivity index (χ0n) is 11.3. The van der Waals surface area contributed by atoms with Crippen LogP contribution in [0.15, 0.2) is 12.1 Å². The first kappa shape index (κ1) is 14.3. The van der Waals surface area contributed by atoms with Gasteiger partial charge in [-0.2, -0.15) is 5.26 Å². The van der Waals surface area contributed by atoms with Gasteiger partial charge in [0.1, 0.15) is 11.9 Å². The van der Waals surface area contributed by atoms with Gasteiger partial charge in [-0.25, -0.2) is 4.98 Å². The number of hydrogen-bond acceptors (Lipinski definition) is 5. The lowest BCUT2D eigenvalue weighted by Gasteiger charge is -2.25. The summed E-state index contributed by atoms with van der Waals surface area (Å²) in [7, 11) is 4.09. The standard InChI is InChI=1S/C13H21N5/c1-4-7-18(9-8-17(2)3)13-6-5-11(15)12(10-14)16-13/h5-6H,4,7-9,15H2,1-3H3. The van der Waals surface area contributed by atoms with E-state index in [2.05, 4.69) is 21.7 Å². The van der Waals surface area contributed by atoms with Crippen LogP contribution in [0, 0.1) is 11.3 Å². The third kappa shape index (κ3) is 3.90. The van der Waals surface area contributed by atoms with Crippen LogP contribution in [0.3, 0.4) is 0 Å². The minimum absolute atomic E-state index is 0.304. The molecule has 0 aliphatic carbocycles. The maximum Gasteiger partial charge on any atom is 0.165 e. The fourth-order valence-corrected chi connectivity index (χ4v) is 1.66. The molecule has 0 fully saturated rings. The summed E-state index contributed by atoms with van der Waals surface area (Å²) >= 11 is 0. The van der Waals surface area contributed by atoms with Crippen molar-refractivity contribution < 1.29 is 0 Å². The summed E-state index contributed by atoms with van der Waals surface area (Å²) in [6, 6.07) is 5.65. The first-order chi connectivity index (χ1) is 8.58. The Hall–Kier alpha value is -1.80. The number of pyridine rings is 1. The molecule has 2 N–H and O–H groups in total. The highest BCUT2D eigenvalue weighted by molar-refractivity contribution is 5.55. The van der Waals surface area contributed by atoms with Gasteiger partial charge in [0.15, 0.2) is 5.69 Å². The fourth-order valence-electron chi connectivity index (χ4n) is 1.66. The number of hydrogen-bond donors (Lipinski definition) is 1. The molecule has 18 heavy (non-hydrogen) atoms. The van der Waals surface area contributed by atoms with Crippen LogP contribution in [0.5, 0.6) is 0 Å². The molecule has 0 spiro atoms. The second-order valence-corrected chi connectivity index (χ2v) is 4.51. The van der Waals surface area contributed by atoms with Crippen molar-refractivity contribution in [2.24, 2.45) is 0 Å². The van der Waals surface area contributed by atoms with Crippen LogP contribution < -0.4 is 10.6 Å². The van der Waals surface area contributed by atoms with Gasteiger partial charge in [-0.1, -0.05) is 6.92 Å². The number of nitrogens with two attached hydrogens (primary N) is 1. The zero-order chi connectivity index (χ0) is 13.5. The number of likely N-dealkylation sites (N-methyl/N-ethyl adjacent to an activating group) is 1. The van der Waals surface area contributed by atoms with E-state index < -0.39 is 0 Å². The minimum atomic E-state index is 0.304. The molecule has 5 heteroatoms. The molecule has 0 aromatic carbocycles. The average molecular weight is 247 g/mol. The molecule has 1 heterocycles. The SMILES string of the molecule is CCCN(CCN(C)C)c1ccc(N)c(C#N)n1. The van der Waals surface area contributed by atoms with E-state index in [0.29, 0.717) is 11.4 Å². The van der Waals surface area contributed by atoms with Gasteiger partial charge in [0.2, 0.25) is 0 Å². The van der Waals surface area contributed by atoms with Crippen molar-refractivity contribution in [3.63, 3.8) is 0 Å². The Balaban J connectivity index is 2.88. The smallest absolute Gasteiger partial charge is 0.165 e. The van der Waals surface area contributed by atoms with Crippen LogP contribution >= 0.6 is 0 Å². The molecule has 0 unspecified atom stereocenters. The second kappa shape index (κ2) is 6.82. The minimum Gasteiger partial charge on any atom is -0.396 e. The average Bonchev–Trinajstić information content (AvgIpc) is 2.35. The number of nitrogens with zero attached hydrogens (tertiary/aromatic N) is 4. The molecule has 0 aliphatic heterocycles. The third-order valence-corrected chi connectivity index (χ3v) is 2.65. The molecule has 5 nitrogen and oxygen atoms in total. The Morgan fingerprint density at radius 3 is 2.56 bits per heavy atom. The zero-order valence-corrected chi connectivity index (χ0v) is 11.3. The van der Waals surface area contributed by atoms with E-state index in [1.807, 2.05) is 26.2 Å². The molecular weight excluding hydrogens is 226 g/mol. The number of rotatable bonds is 6. The van der Waals surface area contributed by atoms with Gasteiger partial charge in [0.25, 0.3) is 0 Å². The summed E-state index contributed by atoms with van der Waals surface area (Å²) < 4.78 is 0. The predicted octanol–water partition coefficient (Wildman–Crippen LogP) is 1.31. The monoisotopic (exact) mass is 247 g/mol. The van der Waals surface area contributed by atoms with Crippen molar-refractivity contribution in [2.75, 3.05) is 44.4 Å². The summed E-state index contributed by atoms with van der Waals surface area (Å²) in [5.74, 6) is 0.824. The van der Waals surface area contributed by atoms with E-state index in [1.165, 1.54) is 0 Å². The molecular formula is C13H21N5. The Bertz CT molecular complexity index is 422. The number of anilines is 2. The summed E-state index contributed by atoms with van der Waals surface area (Å²) in [5, 5.41) is 8.95. The molecule has 1 rings (SSSR count). The van der Waals surface area contributed by atoms with Crippen LogP contribution in [-0.2, 0) is 0 Å². The van der Waals surface area contributed by atoms with Gasteiger partial charge < -0.3 is 15.5 Å². The van der Waals surface area contributed by atoms with E-state index in [9.17, 15) is 0 Å². The summed E-state index contributed by atoms with van der Waals surface area (Å²) in [6.07, 6.45) is 1.04. The Kier molecular flexibility index (Phi) is 5.40. The molecule has 1 aromatic heterocycles. The van der Waals surface area contributed by atoms with Gasteiger partial charge in [-0.05, 0) is 32.6 Å². The van der Waals surface area contributed by atoms with Crippen LogP contribution in [0.1, 0.15) is 19.0 Å². The van der Waals surface area contributed by atoms with Gasteiger partial charge in [-0.3, -0.25) is 0 Å².